The van der Waals surface area contributed by atoms with Crippen molar-refractivity contribution in [3.05, 3.63) is 0 Å². The molecule has 1 aliphatic heterocycles. The van der Waals surface area contributed by atoms with E-state index in [1.807, 2.05) is 0 Å². The molecule has 3 rings (SSSR count). The Hall–Kier alpha value is -0.410. The zero-order chi connectivity index (χ0) is 12.6. The lowest BCUT2D eigenvalue weighted by Crippen LogP contribution is -2.51. The number of ether oxygens (including phenoxy) is 2. The van der Waals surface area contributed by atoms with Crippen LogP contribution < -0.4 is 0 Å². The lowest BCUT2D eigenvalue weighted by atomic mass is 9.56. The molecule has 102 valence electrons. The highest BCUT2D eigenvalue weighted by Crippen LogP contribution is 2.55. The molecule has 0 unspecified atom stereocenters. The molecule has 1 saturated heterocycles. The Morgan fingerprint density at radius 3 is 2.78 bits per heavy atom. The Morgan fingerprint density at radius 2 is 2.06 bits per heavy atom. The molecule has 0 aromatic carbocycles. The van der Waals surface area contributed by atoms with Gasteiger partial charge in [-0.1, -0.05) is 13.3 Å². The maximum atomic E-state index is 12.5. The monoisotopic (exact) mass is 252 g/mol. The predicted octanol–water partition coefficient (Wildman–Crippen LogP) is 3.07. The molecule has 0 aromatic heterocycles. The van der Waals surface area contributed by atoms with Crippen molar-refractivity contribution in [2.24, 2.45) is 11.3 Å². The molecule has 2 atom stereocenters. The number of rotatable bonds is 2. The third-order valence-corrected chi connectivity index (χ3v) is 5.31. The minimum Gasteiger partial charge on any atom is -0.348 e. The number of hydrogen-bond donors (Lipinski definition) is 0. The van der Waals surface area contributed by atoms with Crippen molar-refractivity contribution < 1.29 is 14.3 Å². The third kappa shape index (κ3) is 1.83. The van der Waals surface area contributed by atoms with Crippen LogP contribution >= 0.6 is 0 Å². The SMILES string of the molecule is CCC[C@@]12CCC3(C[C@H]1CCCC2=O)OCCO3. The zero-order valence-corrected chi connectivity index (χ0v) is 11.4. The van der Waals surface area contributed by atoms with Gasteiger partial charge in [0.25, 0.3) is 0 Å². The van der Waals surface area contributed by atoms with Gasteiger partial charge in [0.05, 0.1) is 13.2 Å². The molecular formula is C15H24O3. The fourth-order valence-electron chi connectivity index (χ4n) is 4.47. The van der Waals surface area contributed by atoms with Gasteiger partial charge in [-0.2, -0.15) is 0 Å². The molecule has 3 fully saturated rings. The van der Waals surface area contributed by atoms with Gasteiger partial charge in [-0.3, -0.25) is 4.79 Å². The topological polar surface area (TPSA) is 35.5 Å². The quantitative estimate of drug-likeness (QED) is 0.757. The zero-order valence-electron chi connectivity index (χ0n) is 11.4. The Morgan fingerprint density at radius 1 is 1.28 bits per heavy atom. The van der Waals surface area contributed by atoms with Crippen LogP contribution in [-0.4, -0.2) is 24.8 Å². The van der Waals surface area contributed by atoms with E-state index in [0.717, 1.165) is 58.2 Å². The summed E-state index contributed by atoms with van der Waals surface area (Å²) in [4.78, 5) is 12.5. The molecule has 2 aliphatic carbocycles. The van der Waals surface area contributed by atoms with E-state index in [2.05, 4.69) is 6.92 Å². The molecule has 3 nitrogen and oxygen atoms in total. The third-order valence-electron chi connectivity index (χ3n) is 5.31. The Balaban J connectivity index is 1.83. The van der Waals surface area contributed by atoms with E-state index in [-0.39, 0.29) is 11.2 Å². The highest BCUT2D eigenvalue weighted by molar-refractivity contribution is 5.86. The summed E-state index contributed by atoms with van der Waals surface area (Å²) in [6, 6.07) is 0. The van der Waals surface area contributed by atoms with Crippen LogP contribution in [0.5, 0.6) is 0 Å². The lowest BCUT2D eigenvalue weighted by Gasteiger charge is -2.51. The van der Waals surface area contributed by atoms with Crippen molar-refractivity contribution in [3.63, 3.8) is 0 Å². The summed E-state index contributed by atoms with van der Waals surface area (Å²) in [5.41, 5.74) is -0.0342. The average molecular weight is 252 g/mol. The Bertz CT molecular complexity index is 333. The molecule has 1 heterocycles. The van der Waals surface area contributed by atoms with E-state index in [1.165, 1.54) is 6.42 Å². The highest BCUT2D eigenvalue weighted by atomic mass is 16.7. The van der Waals surface area contributed by atoms with E-state index >= 15 is 0 Å². The van der Waals surface area contributed by atoms with Crippen LogP contribution in [0.15, 0.2) is 0 Å². The van der Waals surface area contributed by atoms with Gasteiger partial charge in [0.15, 0.2) is 5.79 Å². The van der Waals surface area contributed by atoms with Gasteiger partial charge in [0, 0.05) is 24.7 Å². The standard InChI is InChI=1S/C15H24O3/c1-2-6-14-7-8-15(17-9-10-18-15)11-12(14)4-3-5-13(14)16/h12H,2-11H2,1H3/t12-,14-/m1/s1. The van der Waals surface area contributed by atoms with Crippen molar-refractivity contribution >= 4 is 5.78 Å². The maximum absolute atomic E-state index is 12.5. The molecule has 1 spiro atoms. The van der Waals surface area contributed by atoms with E-state index in [4.69, 9.17) is 9.47 Å². The number of carbonyl (C=O) groups is 1. The smallest absolute Gasteiger partial charge is 0.168 e. The highest BCUT2D eigenvalue weighted by Gasteiger charge is 2.55. The second-order valence-corrected chi connectivity index (χ2v) is 6.23. The number of Topliss-reactive ketones (excluding diaryl/α,β-unsaturated/α-hetero) is 1. The fraction of sp³-hybridized carbons (Fsp3) is 0.933. The lowest BCUT2D eigenvalue weighted by molar-refractivity contribution is -0.212. The van der Waals surface area contributed by atoms with Crippen LogP contribution in [0.1, 0.15) is 58.3 Å². The van der Waals surface area contributed by atoms with Crippen molar-refractivity contribution in [3.8, 4) is 0 Å². The molecule has 0 radical (unpaired) electrons. The van der Waals surface area contributed by atoms with Crippen molar-refractivity contribution in [1.82, 2.24) is 0 Å². The molecule has 18 heavy (non-hydrogen) atoms. The summed E-state index contributed by atoms with van der Waals surface area (Å²) in [5, 5.41) is 0. The Kier molecular flexibility index (Phi) is 3.23. The summed E-state index contributed by atoms with van der Waals surface area (Å²) in [7, 11) is 0. The van der Waals surface area contributed by atoms with Crippen LogP contribution in [0.25, 0.3) is 0 Å². The second kappa shape index (κ2) is 4.61. The molecular weight excluding hydrogens is 228 g/mol. The first-order valence-electron chi connectivity index (χ1n) is 7.52. The van der Waals surface area contributed by atoms with Gasteiger partial charge >= 0.3 is 0 Å². The summed E-state index contributed by atoms with van der Waals surface area (Å²) >= 11 is 0. The maximum Gasteiger partial charge on any atom is 0.168 e. The van der Waals surface area contributed by atoms with E-state index in [9.17, 15) is 4.79 Å². The molecule has 0 amide bonds. The van der Waals surface area contributed by atoms with Crippen molar-refractivity contribution in [2.75, 3.05) is 13.2 Å². The van der Waals surface area contributed by atoms with Gasteiger partial charge in [-0.05, 0) is 31.6 Å². The summed E-state index contributed by atoms with van der Waals surface area (Å²) < 4.78 is 11.7. The van der Waals surface area contributed by atoms with Crippen LogP contribution in [0.2, 0.25) is 0 Å². The van der Waals surface area contributed by atoms with Crippen LogP contribution in [0, 0.1) is 11.3 Å². The van der Waals surface area contributed by atoms with E-state index in [0.29, 0.717) is 11.7 Å². The van der Waals surface area contributed by atoms with Crippen molar-refractivity contribution in [1.29, 1.82) is 0 Å². The van der Waals surface area contributed by atoms with E-state index < -0.39 is 0 Å². The molecule has 3 aliphatic rings. The number of carbonyl (C=O) groups excluding carboxylic acids is 1. The van der Waals surface area contributed by atoms with Crippen LogP contribution in [0.3, 0.4) is 0 Å². The molecule has 0 aromatic rings. The second-order valence-electron chi connectivity index (χ2n) is 6.23. The molecule has 3 heteroatoms. The first-order valence-corrected chi connectivity index (χ1v) is 7.52. The van der Waals surface area contributed by atoms with Gasteiger partial charge in [0.1, 0.15) is 5.78 Å². The summed E-state index contributed by atoms with van der Waals surface area (Å²) in [6.07, 6.45) is 8.04. The van der Waals surface area contributed by atoms with E-state index in [1.54, 1.807) is 0 Å². The van der Waals surface area contributed by atoms with Gasteiger partial charge in [-0.25, -0.2) is 0 Å². The van der Waals surface area contributed by atoms with Crippen LogP contribution in [0.4, 0.5) is 0 Å². The van der Waals surface area contributed by atoms with Crippen LogP contribution in [-0.2, 0) is 14.3 Å². The van der Waals surface area contributed by atoms with Gasteiger partial charge in [0.2, 0.25) is 0 Å². The van der Waals surface area contributed by atoms with Crippen molar-refractivity contribution in [2.45, 2.75) is 64.1 Å². The Labute approximate surface area is 109 Å². The average Bonchev–Trinajstić information content (AvgIpc) is 2.81. The first-order chi connectivity index (χ1) is 8.71. The largest absolute Gasteiger partial charge is 0.348 e. The molecule has 2 saturated carbocycles. The normalized spacial score (nSPS) is 38.9. The summed E-state index contributed by atoms with van der Waals surface area (Å²) in [6.45, 7) is 3.64. The predicted molar refractivity (Wildman–Crippen MR) is 68.2 cm³/mol. The summed E-state index contributed by atoms with van der Waals surface area (Å²) in [5.74, 6) is 0.679. The minimum absolute atomic E-state index is 0.0342. The first kappa shape index (κ1) is 12.6. The number of hydrogen-bond acceptors (Lipinski definition) is 3. The molecule has 0 N–H and O–H groups in total. The fourth-order valence-corrected chi connectivity index (χ4v) is 4.47. The number of ketones is 1. The van der Waals surface area contributed by atoms with Gasteiger partial charge < -0.3 is 9.47 Å². The number of fused-ring (bicyclic) bond motifs is 1. The van der Waals surface area contributed by atoms with Gasteiger partial charge in [-0.15, -0.1) is 0 Å². The minimum atomic E-state index is -0.334. The molecule has 0 bridgehead atoms.